The van der Waals surface area contributed by atoms with E-state index in [1.165, 1.54) is 0 Å². The van der Waals surface area contributed by atoms with Gasteiger partial charge < -0.3 is 10.2 Å². The molecule has 1 aliphatic rings. The highest BCUT2D eigenvalue weighted by Gasteiger charge is 2.17. The van der Waals surface area contributed by atoms with Gasteiger partial charge in [0, 0.05) is 13.1 Å². The van der Waals surface area contributed by atoms with Crippen molar-refractivity contribution in [3.63, 3.8) is 0 Å². The standard InChI is InChI=1S/C9H16FN2O/c10-9-3-1-5-12(7-9)6-2-4-11-8-13/h9H,1-7H2,(H,11,13). The minimum atomic E-state index is -0.653. The summed E-state index contributed by atoms with van der Waals surface area (Å²) in [5.74, 6) is 0. The minimum absolute atomic E-state index is 0.560. The Morgan fingerprint density at radius 2 is 2.46 bits per heavy atom. The van der Waals surface area contributed by atoms with Crippen molar-refractivity contribution in [2.45, 2.75) is 25.4 Å². The third-order valence-corrected chi connectivity index (χ3v) is 2.30. The second kappa shape index (κ2) is 5.91. The largest absolute Gasteiger partial charge is 0.348 e. The van der Waals surface area contributed by atoms with Crippen LogP contribution in [0.3, 0.4) is 0 Å². The van der Waals surface area contributed by atoms with Gasteiger partial charge in [-0.05, 0) is 32.4 Å². The molecule has 1 radical (unpaired) electrons. The Morgan fingerprint density at radius 1 is 1.62 bits per heavy atom. The first-order valence-corrected chi connectivity index (χ1v) is 4.79. The van der Waals surface area contributed by atoms with E-state index in [1.807, 2.05) is 0 Å². The zero-order valence-corrected chi connectivity index (χ0v) is 7.76. The molecule has 13 heavy (non-hydrogen) atoms. The van der Waals surface area contributed by atoms with Gasteiger partial charge in [0.15, 0.2) is 0 Å². The molecule has 1 heterocycles. The molecule has 1 rings (SSSR count). The first-order chi connectivity index (χ1) is 6.33. The molecule has 0 bridgehead atoms. The highest BCUT2D eigenvalue weighted by molar-refractivity contribution is 5.46. The molecule has 0 aliphatic carbocycles. The SMILES string of the molecule is O=[C]NCCCN1CCCC(F)C1. The van der Waals surface area contributed by atoms with Gasteiger partial charge in [0.05, 0.1) is 0 Å². The van der Waals surface area contributed by atoms with E-state index in [4.69, 9.17) is 0 Å². The van der Waals surface area contributed by atoms with Crippen LogP contribution in [0.1, 0.15) is 19.3 Å². The van der Waals surface area contributed by atoms with E-state index < -0.39 is 6.17 Å². The number of hydrogen-bond acceptors (Lipinski definition) is 2. The van der Waals surface area contributed by atoms with Crippen molar-refractivity contribution >= 4 is 6.41 Å². The number of alkyl halides is 1. The van der Waals surface area contributed by atoms with Crippen LogP contribution in [0.5, 0.6) is 0 Å². The van der Waals surface area contributed by atoms with Gasteiger partial charge in [-0.1, -0.05) is 0 Å². The van der Waals surface area contributed by atoms with Gasteiger partial charge in [-0.15, -0.1) is 0 Å². The molecular formula is C9H16FN2O. The smallest absolute Gasteiger partial charge is 0.309 e. The molecule has 1 atom stereocenters. The predicted molar refractivity (Wildman–Crippen MR) is 48.9 cm³/mol. The third-order valence-electron chi connectivity index (χ3n) is 2.30. The maximum atomic E-state index is 12.9. The summed E-state index contributed by atoms with van der Waals surface area (Å²) in [6, 6.07) is 0. The molecule has 1 amide bonds. The maximum Gasteiger partial charge on any atom is 0.309 e. The van der Waals surface area contributed by atoms with E-state index in [9.17, 15) is 9.18 Å². The number of rotatable bonds is 5. The average Bonchev–Trinajstić information content (AvgIpc) is 2.13. The molecule has 0 aromatic carbocycles. The lowest BCUT2D eigenvalue weighted by Crippen LogP contribution is -2.37. The molecule has 0 spiro atoms. The van der Waals surface area contributed by atoms with Gasteiger partial charge >= 0.3 is 6.41 Å². The molecular weight excluding hydrogens is 171 g/mol. The maximum absolute atomic E-state index is 12.9. The van der Waals surface area contributed by atoms with Crippen LogP contribution in [0, 0.1) is 0 Å². The number of carbonyl (C=O) groups excluding carboxylic acids is 1. The Kier molecular flexibility index (Phi) is 4.75. The fraction of sp³-hybridized carbons (Fsp3) is 0.889. The summed E-state index contributed by atoms with van der Waals surface area (Å²) in [6.45, 7) is 3.06. The zero-order valence-electron chi connectivity index (χ0n) is 7.76. The highest BCUT2D eigenvalue weighted by Crippen LogP contribution is 2.12. The molecule has 1 fully saturated rings. The number of piperidine rings is 1. The summed E-state index contributed by atoms with van der Waals surface area (Å²) in [5.41, 5.74) is 0. The highest BCUT2D eigenvalue weighted by atomic mass is 19.1. The molecule has 4 heteroatoms. The predicted octanol–water partition coefficient (Wildman–Crippen LogP) is 0.467. The first kappa shape index (κ1) is 10.4. The van der Waals surface area contributed by atoms with Gasteiger partial charge in [0.2, 0.25) is 0 Å². The molecule has 75 valence electrons. The fourth-order valence-corrected chi connectivity index (χ4v) is 1.64. The summed E-state index contributed by atoms with van der Waals surface area (Å²) < 4.78 is 12.9. The van der Waals surface area contributed by atoms with Crippen molar-refractivity contribution in [3.05, 3.63) is 0 Å². The normalized spacial score (nSPS) is 24.2. The molecule has 0 saturated carbocycles. The van der Waals surface area contributed by atoms with Gasteiger partial charge in [0.25, 0.3) is 0 Å². The van der Waals surface area contributed by atoms with Gasteiger partial charge in [0.1, 0.15) is 6.17 Å². The number of hydrogen-bond donors (Lipinski definition) is 1. The molecule has 1 saturated heterocycles. The summed E-state index contributed by atoms with van der Waals surface area (Å²) in [7, 11) is 0. The first-order valence-electron chi connectivity index (χ1n) is 4.79. The van der Waals surface area contributed by atoms with Crippen LogP contribution in [0.4, 0.5) is 4.39 Å². The Balaban J connectivity index is 2.03. The van der Waals surface area contributed by atoms with Crippen LogP contribution in [-0.2, 0) is 4.79 Å². The van der Waals surface area contributed by atoms with Crippen molar-refractivity contribution in [2.75, 3.05) is 26.2 Å². The van der Waals surface area contributed by atoms with Crippen molar-refractivity contribution in [1.29, 1.82) is 0 Å². The van der Waals surface area contributed by atoms with E-state index in [1.54, 1.807) is 6.41 Å². The number of nitrogens with zero attached hydrogens (tertiary/aromatic N) is 1. The lowest BCUT2D eigenvalue weighted by Gasteiger charge is -2.28. The molecule has 1 unspecified atom stereocenters. The van der Waals surface area contributed by atoms with Crippen molar-refractivity contribution in [2.24, 2.45) is 0 Å². The van der Waals surface area contributed by atoms with E-state index >= 15 is 0 Å². The molecule has 1 aliphatic heterocycles. The van der Waals surface area contributed by atoms with E-state index in [0.29, 0.717) is 19.5 Å². The summed E-state index contributed by atoms with van der Waals surface area (Å²) in [4.78, 5) is 11.9. The summed E-state index contributed by atoms with van der Waals surface area (Å²) in [5, 5.41) is 2.47. The van der Waals surface area contributed by atoms with Crippen molar-refractivity contribution < 1.29 is 9.18 Å². The Hall–Kier alpha value is -0.640. The van der Waals surface area contributed by atoms with Crippen LogP contribution >= 0.6 is 0 Å². The molecule has 0 aromatic heterocycles. The minimum Gasteiger partial charge on any atom is -0.348 e. The van der Waals surface area contributed by atoms with E-state index in [0.717, 1.165) is 25.9 Å². The lowest BCUT2D eigenvalue weighted by molar-refractivity contribution is 0.138. The van der Waals surface area contributed by atoms with Crippen molar-refractivity contribution in [1.82, 2.24) is 10.2 Å². The third kappa shape index (κ3) is 4.22. The van der Waals surface area contributed by atoms with Gasteiger partial charge in [-0.25, -0.2) is 4.39 Å². The summed E-state index contributed by atoms with van der Waals surface area (Å²) in [6.07, 6.45) is 3.50. The molecule has 1 N–H and O–H groups in total. The lowest BCUT2D eigenvalue weighted by atomic mass is 10.1. The van der Waals surface area contributed by atoms with Crippen LogP contribution in [0.25, 0.3) is 0 Å². The van der Waals surface area contributed by atoms with Crippen LogP contribution in [-0.4, -0.2) is 43.7 Å². The topological polar surface area (TPSA) is 32.3 Å². The fourth-order valence-electron chi connectivity index (χ4n) is 1.64. The summed E-state index contributed by atoms with van der Waals surface area (Å²) >= 11 is 0. The van der Waals surface area contributed by atoms with Crippen LogP contribution in [0.15, 0.2) is 0 Å². The Bertz CT molecular complexity index is 155. The molecule has 3 nitrogen and oxygen atoms in total. The molecule has 0 aromatic rings. The van der Waals surface area contributed by atoms with Crippen LogP contribution < -0.4 is 5.32 Å². The van der Waals surface area contributed by atoms with E-state index in [-0.39, 0.29) is 0 Å². The number of halogens is 1. The zero-order chi connectivity index (χ0) is 9.52. The van der Waals surface area contributed by atoms with Gasteiger partial charge in [-0.2, -0.15) is 0 Å². The Morgan fingerprint density at radius 3 is 3.15 bits per heavy atom. The van der Waals surface area contributed by atoms with Crippen molar-refractivity contribution in [3.8, 4) is 0 Å². The number of nitrogens with one attached hydrogen (secondary N) is 1. The van der Waals surface area contributed by atoms with Crippen LogP contribution in [0.2, 0.25) is 0 Å². The van der Waals surface area contributed by atoms with Gasteiger partial charge in [-0.3, -0.25) is 4.79 Å². The average molecular weight is 187 g/mol. The number of likely N-dealkylation sites (tertiary alicyclic amines) is 1. The monoisotopic (exact) mass is 187 g/mol. The quantitative estimate of drug-likeness (QED) is 0.501. The second-order valence-corrected chi connectivity index (χ2v) is 3.42. The number of amides is 1. The van der Waals surface area contributed by atoms with E-state index in [2.05, 4.69) is 10.2 Å². The Labute approximate surface area is 78.3 Å². The second-order valence-electron chi connectivity index (χ2n) is 3.42.